The summed E-state index contributed by atoms with van der Waals surface area (Å²) in [7, 11) is 0. The van der Waals surface area contributed by atoms with E-state index in [1.54, 1.807) is 6.07 Å². The normalized spacial score (nSPS) is 16.5. The summed E-state index contributed by atoms with van der Waals surface area (Å²) in [6, 6.07) is 5.92. The molecule has 0 heterocycles. The maximum Gasteiger partial charge on any atom is 0.231 e. The largest absolute Gasteiger partial charge is 0.329 e. The summed E-state index contributed by atoms with van der Waals surface area (Å²) >= 11 is 0. The molecule has 0 atom stereocenters. The van der Waals surface area contributed by atoms with Gasteiger partial charge in [-0.05, 0) is 25.0 Å². The number of carbonyl (C=O) groups is 1. The highest BCUT2D eigenvalue weighted by molar-refractivity contribution is 5.97. The van der Waals surface area contributed by atoms with Crippen molar-refractivity contribution in [2.75, 3.05) is 11.9 Å². The van der Waals surface area contributed by atoms with Gasteiger partial charge in [-0.15, -0.1) is 0 Å². The van der Waals surface area contributed by atoms with Gasteiger partial charge in [0.2, 0.25) is 5.91 Å². The van der Waals surface area contributed by atoms with Crippen LogP contribution < -0.4 is 11.1 Å². The molecule has 1 aromatic carbocycles. The van der Waals surface area contributed by atoms with Crippen molar-refractivity contribution in [3.63, 3.8) is 0 Å². The predicted octanol–water partition coefficient (Wildman–Crippen LogP) is 1.76. The summed E-state index contributed by atoms with van der Waals surface area (Å²) in [4.78, 5) is 12.1. The number of nitrogens with one attached hydrogen (secondary N) is 1. The Morgan fingerprint density at radius 3 is 2.78 bits per heavy atom. The molecule has 94 valence electrons. The predicted molar refractivity (Wildman–Crippen MR) is 65.1 cm³/mol. The van der Waals surface area contributed by atoms with E-state index in [4.69, 9.17) is 11.0 Å². The fraction of sp³-hybridized carbons (Fsp3) is 0.385. The molecular weight excluding hydrogens is 233 g/mol. The lowest BCUT2D eigenvalue weighted by molar-refractivity contribution is -0.129. The van der Waals surface area contributed by atoms with Gasteiger partial charge in [0.15, 0.2) is 0 Å². The molecule has 0 radical (unpaired) electrons. The maximum absolute atomic E-state index is 13.4. The fourth-order valence-electron chi connectivity index (χ4n) is 2.12. The SMILES string of the molecule is N#Cc1c(F)cccc1NC(=O)C1(CN)CCC1. The Kier molecular flexibility index (Phi) is 3.30. The van der Waals surface area contributed by atoms with Crippen LogP contribution in [0.1, 0.15) is 24.8 Å². The smallest absolute Gasteiger partial charge is 0.231 e. The van der Waals surface area contributed by atoms with Gasteiger partial charge in [-0.1, -0.05) is 12.5 Å². The average Bonchev–Trinajstić information content (AvgIpc) is 2.28. The van der Waals surface area contributed by atoms with E-state index in [1.165, 1.54) is 18.2 Å². The van der Waals surface area contributed by atoms with Crippen molar-refractivity contribution in [3.8, 4) is 6.07 Å². The standard InChI is InChI=1S/C13H14FN3O/c14-10-3-1-4-11(9(10)7-15)17-12(18)13(8-16)5-2-6-13/h1,3-4H,2,5-6,8,16H2,(H,17,18). The van der Waals surface area contributed by atoms with Gasteiger partial charge in [0.25, 0.3) is 0 Å². The van der Waals surface area contributed by atoms with Crippen LogP contribution in [0.25, 0.3) is 0 Å². The number of carbonyl (C=O) groups excluding carboxylic acids is 1. The number of halogens is 1. The van der Waals surface area contributed by atoms with Gasteiger partial charge in [0, 0.05) is 6.54 Å². The van der Waals surface area contributed by atoms with E-state index in [-0.39, 0.29) is 23.7 Å². The number of benzene rings is 1. The third-order valence-corrected chi connectivity index (χ3v) is 3.56. The molecule has 0 unspecified atom stereocenters. The van der Waals surface area contributed by atoms with E-state index >= 15 is 0 Å². The van der Waals surface area contributed by atoms with Crippen molar-refractivity contribution in [2.24, 2.45) is 11.1 Å². The lowest BCUT2D eigenvalue weighted by Gasteiger charge is -2.39. The summed E-state index contributed by atoms with van der Waals surface area (Å²) in [6.07, 6.45) is 2.46. The Hall–Kier alpha value is -1.93. The molecule has 0 aromatic heterocycles. The van der Waals surface area contributed by atoms with Crippen LogP contribution in [0.3, 0.4) is 0 Å². The first-order valence-corrected chi connectivity index (χ1v) is 5.83. The van der Waals surface area contributed by atoms with Crippen LogP contribution >= 0.6 is 0 Å². The van der Waals surface area contributed by atoms with E-state index in [1.807, 2.05) is 0 Å². The molecule has 1 fully saturated rings. The monoisotopic (exact) mass is 247 g/mol. The second-order valence-corrected chi connectivity index (χ2v) is 4.57. The van der Waals surface area contributed by atoms with Gasteiger partial charge in [-0.3, -0.25) is 4.79 Å². The minimum absolute atomic E-state index is 0.141. The first-order chi connectivity index (χ1) is 8.63. The van der Waals surface area contributed by atoms with Crippen molar-refractivity contribution < 1.29 is 9.18 Å². The number of hydrogen-bond acceptors (Lipinski definition) is 3. The van der Waals surface area contributed by atoms with Gasteiger partial charge >= 0.3 is 0 Å². The first-order valence-electron chi connectivity index (χ1n) is 5.83. The van der Waals surface area contributed by atoms with Crippen LogP contribution in [0, 0.1) is 22.6 Å². The number of nitriles is 1. The molecule has 0 saturated heterocycles. The second kappa shape index (κ2) is 4.75. The van der Waals surface area contributed by atoms with Gasteiger partial charge in [0.1, 0.15) is 17.4 Å². The number of anilines is 1. The summed E-state index contributed by atoms with van der Waals surface area (Å²) in [5, 5.41) is 11.5. The Bertz CT molecular complexity index is 512. The van der Waals surface area contributed by atoms with E-state index in [9.17, 15) is 9.18 Å². The topological polar surface area (TPSA) is 78.9 Å². The van der Waals surface area contributed by atoms with Crippen molar-refractivity contribution in [2.45, 2.75) is 19.3 Å². The quantitative estimate of drug-likeness (QED) is 0.854. The van der Waals surface area contributed by atoms with E-state index in [2.05, 4.69) is 5.32 Å². The number of rotatable bonds is 3. The van der Waals surface area contributed by atoms with Crippen LogP contribution in [0.5, 0.6) is 0 Å². The molecule has 1 aliphatic rings. The average molecular weight is 247 g/mol. The van der Waals surface area contributed by atoms with Gasteiger partial charge in [-0.2, -0.15) is 5.26 Å². The zero-order valence-electron chi connectivity index (χ0n) is 9.87. The Morgan fingerprint density at radius 1 is 1.56 bits per heavy atom. The second-order valence-electron chi connectivity index (χ2n) is 4.57. The van der Waals surface area contributed by atoms with Crippen molar-refractivity contribution >= 4 is 11.6 Å². The molecular formula is C13H14FN3O. The van der Waals surface area contributed by atoms with Crippen molar-refractivity contribution in [1.82, 2.24) is 0 Å². The molecule has 0 bridgehead atoms. The first kappa shape index (κ1) is 12.5. The molecule has 2 rings (SSSR count). The molecule has 0 spiro atoms. The molecule has 4 nitrogen and oxygen atoms in total. The molecule has 3 N–H and O–H groups in total. The minimum Gasteiger partial charge on any atom is -0.329 e. The molecule has 18 heavy (non-hydrogen) atoms. The maximum atomic E-state index is 13.4. The lowest BCUT2D eigenvalue weighted by atomic mass is 9.68. The number of hydrogen-bond donors (Lipinski definition) is 2. The van der Waals surface area contributed by atoms with Gasteiger partial charge < -0.3 is 11.1 Å². The third-order valence-electron chi connectivity index (χ3n) is 3.56. The zero-order chi connectivity index (χ0) is 13.2. The fourth-order valence-corrected chi connectivity index (χ4v) is 2.12. The highest BCUT2D eigenvalue weighted by atomic mass is 19.1. The number of nitrogens with zero attached hydrogens (tertiary/aromatic N) is 1. The third kappa shape index (κ3) is 1.95. The van der Waals surface area contributed by atoms with Crippen LogP contribution in [0.2, 0.25) is 0 Å². The highest BCUT2D eigenvalue weighted by Crippen LogP contribution is 2.41. The number of amides is 1. The van der Waals surface area contributed by atoms with Crippen molar-refractivity contribution in [1.29, 1.82) is 5.26 Å². The van der Waals surface area contributed by atoms with Crippen LogP contribution in [-0.4, -0.2) is 12.5 Å². The molecule has 1 saturated carbocycles. The molecule has 1 amide bonds. The van der Waals surface area contributed by atoms with Crippen LogP contribution in [0.15, 0.2) is 18.2 Å². The molecule has 1 aromatic rings. The highest BCUT2D eigenvalue weighted by Gasteiger charge is 2.43. The minimum atomic E-state index is -0.634. The lowest BCUT2D eigenvalue weighted by Crippen LogP contribution is -2.47. The summed E-state index contributed by atoms with van der Waals surface area (Å²) in [5.74, 6) is -0.857. The zero-order valence-corrected chi connectivity index (χ0v) is 9.87. The Morgan fingerprint density at radius 2 is 2.28 bits per heavy atom. The Balaban J connectivity index is 2.22. The van der Waals surface area contributed by atoms with Crippen molar-refractivity contribution in [3.05, 3.63) is 29.6 Å². The Labute approximate surface area is 105 Å². The summed E-state index contributed by atoms with van der Waals surface area (Å²) in [5.41, 5.74) is 5.15. The number of nitrogens with two attached hydrogens (primary N) is 1. The summed E-state index contributed by atoms with van der Waals surface area (Å²) < 4.78 is 13.4. The van der Waals surface area contributed by atoms with Gasteiger partial charge in [0.05, 0.1) is 11.1 Å². The van der Waals surface area contributed by atoms with Gasteiger partial charge in [-0.25, -0.2) is 4.39 Å². The summed E-state index contributed by atoms with van der Waals surface area (Å²) in [6.45, 7) is 0.274. The van der Waals surface area contributed by atoms with E-state index in [0.717, 1.165) is 19.3 Å². The van der Waals surface area contributed by atoms with E-state index < -0.39 is 11.2 Å². The van der Waals surface area contributed by atoms with Crippen LogP contribution in [-0.2, 0) is 4.79 Å². The molecule has 5 heteroatoms. The molecule has 1 aliphatic carbocycles. The molecule has 0 aliphatic heterocycles. The van der Waals surface area contributed by atoms with Crippen LogP contribution in [0.4, 0.5) is 10.1 Å². The van der Waals surface area contributed by atoms with E-state index in [0.29, 0.717) is 0 Å².